The van der Waals surface area contributed by atoms with Crippen LogP contribution < -0.4 is 10.0 Å². The molecular weight excluding hydrogens is 408 g/mol. The van der Waals surface area contributed by atoms with E-state index in [1.807, 2.05) is 31.2 Å². The number of amides is 1. The highest BCUT2D eigenvalue weighted by Crippen LogP contribution is 2.23. The van der Waals surface area contributed by atoms with Gasteiger partial charge in [-0.25, -0.2) is 13.4 Å². The molecule has 2 aromatic heterocycles. The number of carbonyl (C=O) groups excluding carboxylic acids is 1. The van der Waals surface area contributed by atoms with Crippen LogP contribution in [0.25, 0.3) is 10.9 Å². The summed E-state index contributed by atoms with van der Waals surface area (Å²) in [6.45, 7) is 1.94. The summed E-state index contributed by atoms with van der Waals surface area (Å²) in [5, 5.41) is 5.83. The van der Waals surface area contributed by atoms with Crippen LogP contribution in [0.15, 0.2) is 65.0 Å². The number of benzene rings is 2. The number of carbonyl (C=O) groups is 1. The van der Waals surface area contributed by atoms with Crippen molar-refractivity contribution in [2.45, 2.75) is 18.2 Å². The molecule has 4 aromatic rings. The number of aromatic amines is 1. The predicted molar refractivity (Wildman–Crippen MR) is 115 cm³/mol. The van der Waals surface area contributed by atoms with E-state index in [4.69, 9.17) is 0 Å². The van der Waals surface area contributed by atoms with Crippen molar-refractivity contribution in [3.05, 3.63) is 71.4 Å². The van der Waals surface area contributed by atoms with E-state index in [-0.39, 0.29) is 17.2 Å². The van der Waals surface area contributed by atoms with Gasteiger partial charge >= 0.3 is 0 Å². The lowest BCUT2D eigenvalue weighted by Crippen LogP contribution is -2.15. The van der Waals surface area contributed by atoms with Crippen LogP contribution in [0.5, 0.6) is 0 Å². The first kappa shape index (κ1) is 19.2. The number of thiazole rings is 1. The number of nitrogens with one attached hydrogen (secondary N) is 3. The Labute approximate surface area is 171 Å². The van der Waals surface area contributed by atoms with Gasteiger partial charge in [0.2, 0.25) is 5.91 Å². The molecule has 0 atom stereocenters. The number of para-hydroxylation sites is 1. The lowest BCUT2D eigenvalue weighted by molar-refractivity contribution is -0.115. The second-order valence-corrected chi connectivity index (χ2v) is 9.04. The molecule has 7 nitrogen and oxygen atoms in total. The summed E-state index contributed by atoms with van der Waals surface area (Å²) < 4.78 is 27.2. The van der Waals surface area contributed by atoms with Crippen LogP contribution in [-0.4, -0.2) is 24.3 Å². The van der Waals surface area contributed by atoms with Crippen LogP contribution in [-0.2, 0) is 21.2 Å². The molecule has 3 N–H and O–H groups in total. The SMILES string of the molecule is Cc1[nH]c2ccccc2c1CC(=O)Nc1ccc(S(=O)(=O)Nc2nccs2)cc1. The fourth-order valence-corrected chi connectivity index (χ4v) is 4.88. The van der Waals surface area contributed by atoms with E-state index in [2.05, 4.69) is 20.0 Å². The minimum atomic E-state index is -3.72. The molecule has 0 fully saturated rings. The topological polar surface area (TPSA) is 104 Å². The zero-order chi connectivity index (χ0) is 20.4. The summed E-state index contributed by atoms with van der Waals surface area (Å²) >= 11 is 1.20. The molecule has 0 aliphatic rings. The van der Waals surface area contributed by atoms with Crippen molar-refractivity contribution >= 4 is 49.0 Å². The van der Waals surface area contributed by atoms with Gasteiger partial charge in [0.1, 0.15) is 0 Å². The van der Waals surface area contributed by atoms with Gasteiger partial charge in [-0.1, -0.05) is 18.2 Å². The Hall–Kier alpha value is -3.17. The van der Waals surface area contributed by atoms with Crippen LogP contribution in [0.4, 0.5) is 10.8 Å². The van der Waals surface area contributed by atoms with Gasteiger partial charge < -0.3 is 10.3 Å². The van der Waals surface area contributed by atoms with Crippen LogP contribution in [0.1, 0.15) is 11.3 Å². The van der Waals surface area contributed by atoms with Crippen LogP contribution in [0.3, 0.4) is 0 Å². The molecule has 0 bridgehead atoms. The van der Waals surface area contributed by atoms with E-state index in [0.29, 0.717) is 10.8 Å². The van der Waals surface area contributed by atoms with Gasteiger partial charge in [0, 0.05) is 33.9 Å². The predicted octanol–water partition coefficient (Wildman–Crippen LogP) is 3.91. The maximum atomic E-state index is 12.5. The zero-order valence-electron chi connectivity index (χ0n) is 15.5. The van der Waals surface area contributed by atoms with Gasteiger partial charge in [-0.05, 0) is 42.8 Å². The highest BCUT2D eigenvalue weighted by Gasteiger charge is 2.16. The van der Waals surface area contributed by atoms with Gasteiger partial charge in [0.05, 0.1) is 11.3 Å². The van der Waals surface area contributed by atoms with Crippen molar-refractivity contribution in [1.29, 1.82) is 0 Å². The Morgan fingerprint density at radius 3 is 2.62 bits per heavy atom. The molecule has 0 saturated carbocycles. The highest BCUT2D eigenvalue weighted by atomic mass is 32.2. The quantitative estimate of drug-likeness (QED) is 0.435. The summed E-state index contributed by atoms with van der Waals surface area (Å²) in [4.78, 5) is 19.8. The maximum Gasteiger partial charge on any atom is 0.263 e. The van der Waals surface area contributed by atoms with E-state index in [1.54, 1.807) is 17.5 Å². The van der Waals surface area contributed by atoms with E-state index < -0.39 is 10.0 Å². The fourth-order valence-electron chi connectivity index (χ4n) is 3.09. The molecule has 2 aromatic carbocycles. The lowest BCUT2D eigenvalue weighted by atomic mass is 10.1. The minimum Gasteiger partial charge on any atom is -0.358 e. The third kappa shape index (κ3) is 4.15. The number of fused-ring (bicyclic) bond motifs is 1. The molecule has 1 amide bonds. The number of H-pyrrole nitrogens is 1. The molecule has 9 heteroatoms. The number of hydrogen-bond donors (Lipinski definition) is 3. The third-order valence-corrected chi connectivity index (χ3v) is 6.64. The van der Waals surface area contributed by atoms with Gasteiger partial charge in [-0.2, -0.15) is 0 Å². The summed E-state index contributed by atoms with van der Waals surface area (Å²) in [7, 11) is -3.72. The van der Waals surface area contributed by atoms with Gasteiger partial charge in [0.25, 0.3) is 10.0 Å². The first-order chi connectivity index (χ1) is 13.9. The normalized spacial score (nSPS) is 11.5. The largest absolute Gasteiger partial charge is 0.358 e. The Morgan fingerprint density at radius 1 is 1.14 bits per heavy atom. The standard InChI is InChI=1S/C20H18N4O3S2/c1-13-17(16-4-2-3-5-18(16)22-13)12-19(25)23-14-6-8-15(9-7-14)29(26,27)24-20-21-10-11-28-20/h2-11,22H,12H2,1H3,(H,21,24)(H,23,25). The molecule has 148 valence electrons. The van der Waals surface area contributed by atoms with Crippen LogP contribution in [0.2, 0.25) is 0 Å². The molecular formula is C20H18N4O3S2. The number of nitrogens with zero attached hydrogens (tertiary/aromatic N) is 1. The first-order valence-corrected chi connectivity index (χ1v) is 11.2. The number of aromatic nitrogens is 2. The number of anilines is 2. The van der Waals surface area contributed by atoms with Crippen molar-refractivity contribution in [3.8, 4) is 0 Å². The second-order valence-electron chi connectivity index (χ2n) is 6.47. The molecule has 0 saturated heterocycles. The molecule has 0 aliphatic heterocycles. The van der Waals surface area contributed by atoms with Gasteiger partial charge in [-0.15, -0.1) is 11.3 Å². The van der Waals surface area contributed by atoms with Crippen molar-refractivity contribution in [1.82, 2.24) is 9.97 Å². The lowest BCUT2D eigenvalue weighted by Gasteiger charge is -2.08. The molecule has 29 heavy (non-hydrogen) atoms. The molecule has 0 radical (unpaired) electrons. The molecule has 0 spiro atoms. The Balaban J connectivity index is 1.46. The zero-order valence-corrected chi connectivity index (χ0v) is 17.1. The van der Waals surface area contributed by atoms with E-state index >= 15 is 0 Å². The van der Waals surface area contributed by atoms with Crippen LogP contribution >= 0.6 is 11.3 Å². The number of hydrogen-bond acceptors (Lipinski definition) is 5. The minimum absolute atomic E-state index is 0.0955. The molecule has 2 heterocycles. The fraction of sp³-hybridized carbons (Fsp3) is 0.100. The van der Waals surface area contributed by atoms with Crippen molar-refractivity contribution in [2.75, 3.05) is 10.0 Å². The number of aryl methyl sites for hydroxylation is 1. The molecule has 0 aliphatic carbocycles. The van der Waals surface area contributed by atoms with E-state index in [1.165, 1.54) is 29.7 Å². The van der Waals surface area contributed by atoms with E-state index in [9.17, 15) is 13.2 Å². The van der Waals surface area contributed by atoms with Crippen molar-refractivity contribution in [2.24, 2.45) is 0 Å². The Bertz CT molecular complexity index is 1260. The van der Waals surface area contributed by atoms with Gasteiger partial charge in [0.15, 0.2) is 5.13 Å². The summed E-state index contributed by atoms with van der Waals surface area (Å²) in [5.41, 5.74) is 3.43. The summed E-state index contributed by atoms with van der Waals surface area (Å²) in [5.74, 6) is -0.172. The second kappa shape index (κ2) is 7.69. The highest BCUT2D eigenvalue weighted by molar-refractivity contribution is 7.93. The Kier molecular flexibility index (Phi) is 5.08. The summed E-state index contributed by atoms with van der Waals surface area (Å²) in [6.07, 6.45) is 1.75. The smallest absolute Gasteiger partial charge is 0.263 e. The van der Waals surface area contributed by atoms with Crippen molar-refractivity contribution in [3.63, 3.8) is 0 Å². The average molecular weight is 427 g/mol. The van der Waals surface area contributed by atoms with Gasteiger partial charge in [-0.3, -0.25) is 9.52 Å². The third-order valence-electron chi connectivity index (χ3n) is 4.47. The first-order valence-electron chi connectivity index (χ1n) is 8.81. The number of rotatable bonds is 6. The maximum absolute atomic E-state index is 12.5. The van der Waals surface area contributed by atoms with Crippen molar-refractivity contribution < 1.29 is 13.2 Å². The summed E-state index contributed by atoms with van der Waals surface area (Å²) in [6, 6.07) is 13.9. The monoisotopic (exact) mass is 426 g/mol. The Morgan fingerprint density at radius 2 is 1.90 bits per heavy atom. The van der Waals surface area contributed by atoms with E-state index in [0.717, 1.165) is 22.2 Å². The molecule has 4 rings (SSSR count). The number of sulfonamides is 1. The van der Waals surface area contributed by atoms with Crippen LogP contribution in [0, 0.1) is 6.92 Å². The molecule has 0 unspecified atom stereocenters. The average Bonchev–Trinajstić information content (AvgIpc) is 3.30.